The summed E-state index contributed by atoms with van der Waals surface area (Å²) in [5.41, 5.74) is 1.24. The van der Waals surface area contributed by atoms with E-state index in [9.17, 15) is 0 Å². The zero-order valence-electron chi connectivity index (χ0n) is 12.6. The fourth-order valence-electron chi connectivity index (χ4n) is 1.68. The van der Waals surface area contributed by atoms with Gasteiger partial charge in [0.25, 0.3) is 0 Å². The Labute approximate surface area is 144 Å². The van der Waals surface area contributed by atoms with Crippen molar-refractivity contribution in [3.63, 3.8) is 0 Å². The minimum atomic E-state index is 0. The van der Waals surface area contributed by atoms with E-state index < -0.39 is 0 Å². The number of thioether (sulfide) groups is 1. The summed E-state index contributed by atoms with van der Waals surface area (Å²) in [5.74, 6) is 2.20. The van der Waals surface area contributed by atoms with Crippen molar-refractivity contribution < 1.29 is 0 Å². The summed E-state index contributed by atoms with van der Waals surface area (Å²) in [6, 6.07) is 10.3. The Morgan fingerprint density at radius 3 is 2.50 bits per heavy atom. The number of halogens is 1. The number of benzene rings is 1. The van der Waals surface area contributed by atoms with Crippen molar-refractivity contribution in [2.45, 2.75) is 19.4 Å². The van der Waals surface area contributed by atoms with Crippen molar-refractivity contribution in [2.24, 2.45) is 4.99 Å². The Balaban J connectivity index is 0.00000361. The van der Waals surface area contributed by atoms with E-state index in [1.54, 1.807) is 0 Å². The summed E-state index contributed by atoms with van der Waals surface area (Å²) in [4.78, 5) is 6.68. The van der Waals surface area contributed by atoms with Crippen molar-refractivity contribution in [1.29, 1.82) is 0 Å². The molecule has 0 aromatic heterocycles. The predicted molar refractivity (Wildman–Crippen MR) is 102 cm³/mol. The lowest BCUT2D eigenvalue weighted by Crippen LogP contribution is -2.37. The van der Waals surface area contributed by atoms with Gasteiger partial charge in [0.1, 0.15) is 0 Å². The Morgan fingerprint density at radius 1 is 1.20 bits per heavy atom. The second-order valence-corrected chi connectivity index (χ2v) is 5.63. The molecule has 20 heavy (non-hydrogen) atoms. The molecule has 1 aromatic rings. The zero-order chi connectivity index (χ0) is 13.9. The third kappa shape index (κ3) is 8.68. The molecule has 0 aliphatic carbocycles. The van der Waals surface area contributed by atoms with E-state index in [-0.39, 0.29) is 24.0 Å². The third-order valence-corrected chi connectivity index (χ3v) is 3.43. The van der Waals surface area contributed by atoms with E-state index in [2.05, 4.69) is 40.8 Å². The van der Waals surface area contributed by atoms with Gasteiger partial charge in [-0.3, -0.25) is 0 Å². The molecular formula is C15H26IN3S. The highest BCUT2D eigenvalue weighted by Gasteiger charge is 2.00. The van der Waals surface area contributed by atoms with E-state index in [4.69, 9.17) is 0 Å². The largest absolute Gasteiger partial charge is 0.356 e. The normalized spacial score (nSPS) is 10.8. The molecule has 5 heteroatoms. The molecule has 114 valence electrons. The SMILES string of the molecule is CSCCCCNC(=NCc1ccccc1)N(C)C.I. The van der Waals surface area contributed by atoms with Gasteiger partial charge in [0.15, 0.2) is 5.96 Å². The fraction of sp³-hybridized carbons (Fsp3) is 0.533. The molecule has 0 bridgehead atoms. The van der Waals surface area contributed by atoms with Gasteiger partial charge in [-0.05, 0) is 30.4 Å². The molecule has 3 nitrogen and oxygen atoms in total. The highest BCUT2D eigenvalue weighted by Crippen LogP contribution is 2.01. The van der Waals surface area contributed by atoms with Crippen LogP contribution in [0, 0.1) is 0 Å². The standard InChI is InChI=1S/C15H25N3S.HI/c1-18(2)15(16-11-7-8-12-19-3)17-13-14-9-5-4-6-10-14;/h4-6,9-10H,7-8,11-13H2,1-3H3,(H,16,17);1H. The lowest BCUT2D eigenvalue weighted by molar-refractivity contribution is 0.573. The second kappa shape index (κ2) is 12.3. The molecule has 1 N–H and O–H groups in total. The maximum atomic E-state index is 4.64. The van der Waals surface area contributed by atoms with Crippen molar-refractivity contribution in [2.75, 3.05) is 32.6 Å². The Bertz CT molecular complexity index is 369. The van der Waals surface area contributed by atoms with E-state index in [1.807, 2.05) is 36.8 Å². The topological polar surface area (TPSA) is 27.6 Å². The van der Waals surface area contributed by atoms with Crippen LogP contribution in [0.4, 0.5) is 0 Å². The highest BCUT2D eigenvalue weighted by atomic mass is 127. The van der Waals surface area contributed by atoms with Crippen LogP contribution in [-0.4, -0.2) is 43.5 Å². The number of guanidine groups is 1. The average molecular weight is 407 g/mol. The van der Waals surface area contributed by atoms with E-state index in [0.717, 1.165) is 19.0 Å². The fourth-order valence-corrected chi connectivity index (χ4v) is 2.17. The van der Waals surface area contributed by atoms with E-state index >= 15 is 0 Å². The van der Waals surface area contributed by atoms with Crippen LogP contribution in [0.2, 0.25) is 0 Å². The molecule has 0 amide bonds. The van der Waals surface area contributed by atoms with Crippen molar-refractivity contribution in [3.05, 3.63) is 35.9 Å². The van der Waals surface area contributed by atoms with Gasteiger partial charge in [0.05, 0.1) is 6.54 Å². The summed E-state index contributed by atoms with van der Waals surface area (Å²) in [5, 5.41) is 3.41. The van der Waals surface area contributed by atoms with Crippen LogP contribution in [0.5, 0.6) is 0 Å². The van der Waals surface area contributed by atoms with Crippen LogP contribution in [0.1, 0.15) is 18.4 Å². The smallest absolute Gasteiger partial charge is 0.193 e. The Kier molecular flexibility index (Phi) is 12.1. The maximum Gasteiger partial charge on any atom is 0.193 e. The number of nitrogens with zero attached hydrogens (tertiary/aromatic N) is 2. The molecule has 0 unspecified atom stereocenters. The van der Waals surface area contributed by atoms with Gasteiger partial charge < -0.3 is 10.2 Å². The predicted octanol–water partition coefficient (Wildman–Crippen LogP) is 3.46. The molecule has 0 saturated heterocycles. The van der Waals surface area contributed by atoms with Crippen molar-refractivity contribution in [1.82, 2.24) is 10.2 Å². The Morgan fingerprint density at radius 2 is 1.90 bits per heavy atom. The quantitative estimate of drug-likeness (QED) is 0.325. The van der Waals surface area contributed by atoms with Crippen LogP contribution in [0.15, 0.2) is 35.3 Å². The van der Waals surface area contributed by atoms with Crippen molar-refractivity contribution in [3.8, 4) is 0 Å². The molecule has 0 atom stereocenters. The van der Waals surface area contributed by atoms with Crippen LogP contribution >= 0.6 is 35.7 Å². The molecule has 1 rings (SSSR count). The number of unbranched alkanes of at least 4 members (excludes halogenated alkanes) is 1. The Hall–Kier alpha value is -0.430. The monoisotopic (exact) mass is 407 g/mol. The molecular weight excluding hydrogens is 381 g/mol. The molecule has 0 fully saturated rings. The summed E-state index contributed by atoms with van der Waals surface area (Å²) in [6.07, 6.45) is 4.60. The summed E-state index contributed by atoms with van der Waals surface area (Å²) in [6.45, 7) is 1.72. The van der Waals surface area contributed by atoms with Crippen LogP contribution in [0.3, 0.4) is 0 Å². The van der Waals surface area contributed by atoms with Crippen LogP contribution < -0.4 is 5.32 Å². The maximum absolute atomic E-state index is 4.64. The summed E-state index contributed by atoms with van der Waals surface area (Å²) in [7, 11) is 4.05. The number of nitrogens with one attached hydrogen (secondary N) is 1. The van der Waals surface area contributed by atoms with Crippen molar-refractivity contribution >= 4 is 41.7 Å². The zero-order valence-corrected chi connectivity index (χ0v) is 15.8. The molecule has 0 heterocycles. The first kappa shape index (κ1) is 19.6. The first-order valence-electron chi connectivity index (χ1n) is 6.72. The minimum Gasteiger partial charge on any atom is -0.356 e. The average Bonchev–Trinajstić information content (AvgIpc) is 2.42. The molecule has 0 spiro atoms. The molecule has 1 aromatic carbocycles. The first-order chi connectivity index (χ1) is 9.24. The second-order valence-electron chi connectivity index (χ2n) is 4.65. The number of aliphatic imine (C=N–C) groups is 1. The van der Waals surface area contributed by atoms with Gasteiger partial charge in [-0.25, -0.2) is 4.99 Å². The lowest BCUT2D eigenvalue weighted by Gasteiger charge is -2.17. The van der Waals surface area contributed by atoms with E-state index in [0.29, 0.717) is 0 Å². The summed E-state index contributed by atoms with van der Waals surface area (Å²) < 4.78 is 0. The van der Waals surface area contributed by atoms with Gasteiger partial charge in [-0.2, -0.15) is 11.8 Å². The number of hydrogen-bond acceptors (Lipinski definition) is 2. The summed E-state index contributed by atoms with van der Waals surface area (Å²) >= 11 is 1.91. The molecule has 0 radical (unpaired) electrons. The number of hydrogen-bond donors (Lipinski definition) is 1. The third-order valence-electron chi connectivity index (χ3n) is 2.74. The number of rotatable bonds is 7. The first-order valence-corrected chi connectivity index (χ1v) is 8.12. The van der Waals surface area contributed by atoms with Gasteiger partial charge in [0.2, 0.25) is 0 Å². The highest BCUT2D eigenvalue weighted by molar-refractivity contribution is 14.0. The molecule has 0 aliphatic heterocycles. The van der Waals surface area contributed by atoms with E-state index in [1.165, 1.54) is 24.2 Å². The lowest BCUT2D eigenvalue weighted by atomic mass is 10.2. The minimum absolute atomic E-state index is 0. The molecule has 0 saturated carbocycles. The van der Waals surface area contributed by atoms with Gasteiger partial charge in [0, 0.05) is 20.6 Å². The van der Waals surface area contributed by atoms with Gasteiger partial charge in [-0.15, -0.1) is 24.0 Å². The van der Waals surface area contributed by atoms with Crippen LogP contribution in [-0.2, 0) is 6.54 Å². The van der Waals surface area contributed by atoms with Crippen LogP contribution in [0.25, 0.3) is 0 Å². The van der Waals surface area contributed by atoms with Gasteiger partial charge >= 0.3 is 0 Å². The van der Waals surface area contributed by atoms with Gasteiger partial charge in [-0.1, -0.05) is 30.3 Å². The molecule has 0 aliphatic rings.